The van der Waals surface area contributed by atoms with Crippen molar-refractivity contribution in [3.05, 3.63) is 29.8 Å². The van der Waals surface area contributed by atoms with Gasteiger partial charge in [0.25, 0.3) is 0 Å². The maximum absolute atomic E-state index is 11.7. The Labute approximate surface area is 130 Å². The fraction of sp³-hybridized carbons (Fsp3) is 0.500. The van der Waals surface area contributed by atoms with Gasteiger partial charge in [0.05, 0.1) is 0 Å². The molecular weight excluding hydrogens is 282 g/mol. The lowest BCUT2D eigenvalue weighted by molar-refractivity contribution is -0.137. The third-order valence-electron chi connectivity index (χ3n) is 3.87. The van der Waals surface area contributed by atoms with Crippen LogP contribution < -0.4 is 15.5 Å². The smallest absolute Gasteiger partial charge is 0.314 e. The number of carbonyl (C=O) groups is 2. The number of carbonyl (C=O) groups excluding carboxylic acids is 1. The average molecular weight is 305 g/mol. The highest BCUT2D eigenvalue weighted by molar-refractivity contribution is 5.74. The molecule has 6 nitrogen and oxygen atoms in total. The lowest BCUT2D eigenvalue weighted by Crippen LogP contribution is -2.45. The average Bonchev–Trinajstić information content (AvgIpc) is 2.93. The van der Waals surface area contributed by atoms with E-state index in [1.165, 1.54) is 11.3 Å². The van der Waals surface area contributed by atoms with Crippen LogP contribution in [0.1, 0.15) is 25.3 Å². The second-order valence-electron chi connectivity index (χ2n) is 5.56. The number of hydrogen-bond acceptors (Lipinski definition) is 3. The maximum Gasteiger partial charge on any atom is 0.314 e. The molecule has 0 spiro atoms. The summed E-state index contributed by atoms with van der Waals surface area (Å²) in [5, 5.41) is 14.0. The van der Waals surface area contributed by atoms with Gasteiger partial charge in [-0.2, -0.15) is 0 Å². The molecule has 6 heteroatoms. The van der Waals surface area contributed by atoms with Gasteiger partial charge in [0.15, 0.2) is 0 Å². The highest BCUT2D eigenvalue weighted by Gasteiger charge is 2.22. The number of urea groups is 1. The van der Waals surface area contributed by atoms with Crippen molar-refractivity contribution in [2.75, 3.05) is 24.5 Å². The van der Waals surface area contributed by atoms with Gasteiger partial charge in [0, 0.05) is 37.8 Å². The number of anilines is 1. The van der Waals surface area contributed by atoms with Gasteiger partial charge in [0.2, 0.25) is 0 Å². The summed E-state index contributed by atoms with van der Waals surface area (Å²) in [6.45, 7) is 3.99. The Morgan fingerprint density at radius 2 is 2.09 bits per heavy atom. The molecule has 2 amide bonds. The first kappa shape index (κ1) is 16.1. The van der Waals surface area contributed by atoms with Gasteiger partial charge in [-0.25, -0.2) is 4.79 Å². The van der Waals surface area contributed by atoms with Crippen LogP contribution >= 0.6 is 0 Å². The minimum atomic E-state index is -0.844. The van der Waals surface area contributed by atoms with Gasteiger partial charge < -0.3 is 20.6 Å². The monoisotopic (exact) mass is 305 g/mol. The number of amides is 2. The molecule has 1 unspecified atom stereocenters. The number of hydrogen-bond donors (Lipinski definition) is 3. The van der Waals surface area contributed by atoms with Crippen LogP contribution in [0.4, 0.5) is 10.5 Å². The summed E-state index contributed by atoms with van der Waals surface area (Å²) >= 11 is 0. The van der Waals surface area contributed by atoms with Crippen LogP contribution in [-0.2, 0) is 11.2 Å². The molecule has 3 N–H and O–H groups in total. The van der Waals surface area contributed by atoms with E-state index >= 15 is 0 Å². The molecule has 0 aromatic heterocycles. The van der Waals surface area contributed by atoms with E-state index in [0.29, 0.717) is 19.5 Å². The molecule has 1 heterocycles. The van der Waals surface area contributed by atoms with Crippen LogP contribution in [0.2, 0.25) is 0 Å². The normalized spacial score (nSPS) is 14.3. The second-order valence-corrected chi connectivity index (χ2v) is 5.56. The molecular formula is C16H23N3O3. The number of benzene rings is 1. The van der Waals surface area contributed by atoms with E-state index in [4.69, 9.17) is 5.11 Å². The summed E-state index contributed by atoms with van der Waals surface area (Å²) < 4.78 is 0. The first-order valence-electron chi connectivity index (χ1n) is 7.66. The van der Waals surface area contributed by atoms with Crippen LogP contribution in [0.3, 0.4) is 0 Å². The Morgan fingerprint density at radius 3 is 2.86 bits per heavy atom. The van der Waals surface area contributed by atoms with Crippen molar-refractivity contribution in [2.45, 2.75) is 32.2 Å². The molecule has 0 bridgehead atoms. The number of aliphatic carboxylic acids is 1. The van der Waals surface area contributed by atoms with Crippen molar-refractivity contribution in [1.29, 1.82) is 0 Å². The topological polar surface area (TPSA) is 81.7 Å². The Hall–Kier alpha value is -2.24. The summed E-state index contributed by atoms with van der Waals surface area (Å²) in [5.74, 6) is -0.844. The molecule has 1 aromatic carbocycles. The first-order valence-corrected chi connectivity index (χ1v) is 7.66. The fourth-order valence-electron chi connectivity index (χ4n) is 2.68. The number of fused-ring (bicyclic) bond motifs is 1. The predicted molar refractivity (Wildman–Crippen MR) is 85.2 cm³/mol. The van der Waals surface area contributed by atoms with E-state index in [-0.39, 0.29) is 18.5 Å². The number of carboxylic acids is 1. The van der Waals surface area contributed by atoms with Crippen molar-refractivity contribution >= 4 is 17.7 Å². The maximum atomic E-state index is 11.7. The Morgan fingerprint density at radius 1 is 1.32 bits per heavy atom. The molecule has 120 valence electrons. The minimum Gasteiger partial charge on any atom is -0.481 e. The Kier molecular flexibility index (Phi) is 5.63. The summed E-state index contributed by atoms with van der Waals surface area (Å²) in [5.41, 5.74) is 2.60. The molecule has 0 fully saturated rings. The third-order valence-corrected chi connectivity index (χ3v) is 3.87. The number of nitrogens with one attached hydrogen (secondary N) is 2. The van der Waals surface area contributed by atoms with E-state index in [1.807, 2.05) is 6.07 Å². The van der Waals surface area contributed by atoms with Crippen molar-refractivity contribution in [3.8, 4) is 0 Å². The van der Waals surface area contributed by atoms with E-state index in [2.05, 4.69) is 40.7 Å². The van der Waals surface area contributed by atoms with Gasteiger partial charge in [-0.15, -0.1) is 0 Å². The first-order chi connectivity index (χ1) is 10.6. The zero-order valence-electron chi connectivity index (χ0n) is 12.8. The molecule has 2 rings (SSSR count). The highest BCUT2D eigenvalue weighted by Crippen LogP contribution is 2.28. The van der Waals surface area contributed by atoms with Gasteiger partial charge >= 0.3 is 12.0 Å². The van der Waals surface area contributed by atoms with E-state index in [0.717, 1.165) is 13.0 Å². The molecule has 0 aliphatic carbocycles. The van der Waals surface area contributed by atoms with Gasteiger partial charge in [-0.05, 0) is 31.4 Å². The lowest BCUT2D eigenvalue weighted by atomic mass is 10.2. The zero-order valence-corrected chi connectivity index (χ0v) is 12.8. The zero-order chi connectivity index (χ0) is 15.9. The number of para-hydroxylation sites is 1. The van der Waals surface area contributed by atoms with Crippen molar-refractivity contribution in [1.82, 2.24) is 10.6 Å². The van der Waals surface area contributed by atoms with Crippen LogP contribution in [0.5, 0.6) is 0 Å². The standard InChI is InChI=1S/C16H23N3O3/c1-12(11-18-16(22)17-9-4-7-15(20)21)19-10-8-13-5-2-3-6-14(13)19/h2-3,5-6,12H,4,7-11H2,1H3,(H,20,21)(H2,17,18,22). The summed E-state index contributed by atoms with van der Waals surface area (Å²) in [4.78, 5) is 24.3. The summed E-state index contributed by atoms with van der Waals surface area (Å²) in [6.07, 6.45) is 1.56. The van der Waals surface area contributed by atoms with Crippen molar-refractivity contribution in [2.24, 2.45) is 0 Å². The minimum absolute atomic E-state index is 0.0707. The summed E-state index contributed by atoms with van der Waals surface area (Å²) in [7, 11) is 0. The fourth-order valence-corrected chi connectivity index (χ4v) is 2.68. The number of rotatable bonds is 7. The molecule has 0 saturated heterocycles. The predicted octanol–water partition coefficient (Wildman–Crippen LogP) is 1.60. The number of carboxylic acid groups (broad SMARTS) is 1. The molecule has 0 radical (unpaired) electrons. The van der Waals surface area contributed by atoms with Gasteiger partial charge in [0.1, 0.15) is 0 Å². The van der Waals surface area contributed by atoms with Gasteiger partial charge in [-0.1, -0.05) is 18.2 Å². The van der Waals surface area contributed by atoms with Crippen LogP contribution in [0, 0.1) is 0 Å². The quantitative estimate of drug-likeness (QED) is 0.668. The van der Waals surface area contributed by atoms with Crippen molar-refractivity contribution < 1.29 is 14.7 Å². The summed E-state index contributed by atoms with van der Waals surface area (Å²) in [6, 6.07) is 8.32. The highest BCUT2D eigenvalue weighted by atomic mass is 16.4. The lowest BCUT2D eigenvalue weighted by Gasteiger charge is -2.27. The molecule has 1 atom stereocenters. The van der Waals surface area contributed by atoms with Crippen LogP contribution in [0.25, 0.3) is 0 Å². The Bertz CT molecular complexity index is 533. The largest absolute Gasteiger partial charge is 0.481 e. The molecule has 1 aliphatic heterocycles. The Balaban J connectivity index is 1.71. The van der Waals surface area contributed by atoms with Crippen LogP contribution in [0.15, 0.2) is 24.3 Å². The molecule has 0 saturated carbocycles. The van der Waals surface area contributed by atoms with Gasteiger partial charge in [-0.3, -0.25) is 4.79 Å². The second kappa shape index (κ2) is 7.68. The SMILES string of the molecule is CC(CNC(=O)NCCCC(=O)O)N1CCc2ccccc21. The molecule has 1 aromatic rings. The molecule has 1 aliphatic rings. The van der Waals surface area contributed by atoms with E-state index in [9.17, 15) is 9.59 Å². The van der Waals surface area contributed by atoms with E-state index < -0.39 is 5.97 Å². The van der Waals surface area contributed by atoms with Crippen LogP contribution in [-0.4, -0.2) is 42.8 Å². The third kappa shape index (κ3) is 4.38. The van der Waals surface area contributed by atoms with E-state index in [1.54, 1.807) is 0 Å². The van der Waals surface area contributed by atoms with Crippen molar-refractivity contribution in [3.63, 3.8) is 0 Å². The number of nitrogens with zero attached hydrogens (tertiary/aromatic N) is 1. The molecule has 22 heavy (non-hydrogen) atoms.